The molecule has 4 heteroatoms. The minimum Gasteiger partial charge on any atom is -0.299 e. The van der Waals surface area contributed by atoms with Crippen LogP contribution in [0.3, 0.4) is 0 Å². The number of allylic oxidation sites excluding steroid dienone is 2. The summed E-state index contributed by atoms with van der Waals surface area (Å²) in [5.41, 5.74) is 3.66. The van der Waals surface area contributed by atoms with Crippen LogP contribution in [0, 0.1) is 16.7 Å². The summed E-state index contributed by atoms with van der Waals surface area (Å²) in [6, 6.07) is 8.40. The second-order valence-corrected chi connectivity index (χ2v) is 11.0. The zero-order valence-corrected chi connectivity index (χ0v) is 18.3. The highest BCUT2D eigenvalue weighted by Gasteiger charge is 2.49. The monoisotopic (exact) mass is 395 g/mol. The van der Waals surface area contributed by atoms with Crippen molar-refractivity contribution in [2.24, 2.45) is 21.7 Å². The molecule has 0 amide bonds. The Hall–Kier alpha value is -1.68. The van der Waals surface area contributed by atoms with Gasteiger partial charge in [0.1, 0.15) is 5.78 Å². The number of carbonyl (C=O) groups is 2. The summed E-state index contributed by atoms with van der Waals surface area (Å²) in [7, 11) is 0. The van der Waals surface area contributed by atoms with Crippen LogP contribution in [0.4, 0.5) is 0 Å². The van der Waals surface area contributed by atoms with Crippen molar-refractivity contribution < 1.29 is 9.59 Å². The molecule has 2 aliphatic carbocycles. The van der Waals surface area contributed by atoms with Crippen LogP contribution in [-0.2, 0) is 9.59 Å². The van der Waals surface area contributed by atoms with E-state index in [0.29, 0.717) is 12.8 Å². The van der Waals surface area contributed by atoms with Crippen molar-refractivity contribution in [1.82, 2.24) is 0 Å². The van der Waals surface area contributed by atoms with Crippen LogP contribution in [0.15, 0.2) is 45.4 Å². The number of ketones is 2. The zero-order chi connectivity index (χ0) is 20.3. The largest absolute Gasteiger partial charge is 0.299 e. The van der Waals surface area contributed by atoms with Crippen LogP contribution in [-0.4, -0.2) is 23.5 Å². The van der Waals surface area contributed by atoms with Crippen molar-refractivity contribution >= 4 is 29.0 Å². The van der Waals surface area contributed by atoms with Crippen molar-refractivity contribution in [3.05, 3.63) is 41.1 Å². The zero-order valence-electron chi connectivity index (χ0n) is 17.5. The minimum absolute atomic E-state index is 0.0636. The van der Waals surface area contributed by atoms with Gasteiger partial charge >= 0.3 is 0 Å². The lowest BCUT2D eigenvalue weighted by Gasteiger charge is -2.44. The Kier molecular flexibility index (Phi) is 4.69. The molecule has 1 aliphatic heterocycles. The maximum atomic E-state index is 13.2. The number of nitrogens with zero attached hydrogens (tertiary/aromatic N) is 1. The number of carbonyl (C=O) groups excluding carboxylic acids is 2. The Bertz CT molecular complexity index is 905. The molecular formula is C24H29NO2S. The fraction of sp³-hybridized carbons (Fsp3) is 0.542. The number of thioether (sulfide) groups is 1. The van der Waals surface area contributed by atoms with Gasteiger partial charge in [0.2, 0.25) is 0 Å². The van der Waals surface area contributed by atoms with Crippen molar-refractivity contribution in [2.45, 2.75) is 64.2 Å². The quantitative estimate of drug-likeness (QED) is 0.613. The number of hydrogen-bond acceptors (Lipinski definition) is 4. The molecule has 1 saturated carbocycles. The molecule has 1 aromatic rings. The molecule has 0 aromatic heterocycles. The molecule has 0 N–H and O–H groups in total. The first kappa shape index (κ1) is 19.6. The van der Waals surface area contributed by atoms with Gasteiger partial charge in [-0.15, -0.1) is 11.8 Å². The Balaban J connectivity index is 1.88. The molecule has 0 bridgehead atoms. The molecular weight excluding hydrogens is 366 g/mol. The van der Waals surface area contributed by atoms with Crippen LogP contribution < -0.4 is 0 Å². The normalized spacial score (nSPS) is 28.5. The molecule has 0 radical (unpaired) electrons. The molecule has 3 nitrogen and oxygen atoms in total. The molecule has 1 fully saturated rings. The lowest BCUT2D eigenvalue weighted by molar-refractivity contribution is -0.124. The van der Waals surface area contributed by atoms with Gasteiger partial charge in [-0.3, -0.25) is 14.6 Å². The Morgan fingerprint density at radius 1 is 0.893 bits per heavy atom. The first-order valence-corrected chi connectivity index (χ1v) is 11.3. The smallest absolute Gasteiger partial charge is 0.161 e. The number of hydrogen-bond donors (Lipinski definition) is 0. The summed E-state index contributed by atoms with van der Waals surface area (Å²) in [6.45, 7) is 8.57. The number of fused-ring (bicyclic) bond motifs is 1. The highest BCUT2D eigenvalue weighted by molar-refractivity contribution is 7.98. The summed E-state index contributed by atoms with van der Waals surface area (Å²) in [4.78, 5) is 32.6. The highest BCUT2D eigenvalue weighted by Crippen LogP contribution is 2.51. The topological polar surface area (TPSA) is 46.5 Å². The van der Waals surface area contributed by atoms with E-state index in [4.69, 9.17) is 4.99 Å². The van der Waals surface area contributed by atoms with Gasteiger partial charge in [-0.1, -0.05) is 39.8 Å². The van der Waals surface area contributed by atoms with Crippen molar-refractivity contribution in [1.29, 1.82) is 0 Å². The molecule has 3 aliphatic rings. The van der Waals surface area contributed by atoms with Crippen molar-refractivity contribution in [3.63, 3.8) is 0 Å². The fourth-order valence-electron chi connectivity index (χ4n) is 5.18. The third-order valence-corrected chi connectivity index (χ3v) is 7.06. The van der Waals surface area contributed by atoms with Gasteiger partial charge in [0.25, 0.3) is 0 Å². The van der Waals surface area contributed by atoms with Gasteiger partial charge in [0, 0.05) is 40.6 Å². The van der Waals surface area contributed by atoms with Crippen LogP contribution >= 0.6 is 11.8 Å². The van der Waals surface area contributed by atoms with Gasteiger partial charge in [0.05, 0.1) is 5.92 Å². The van der Waals surface area contributed by atoms with Crippen molar-refractivity contribution in [2.75, 3.05) is 6.26 Å². The van der Waals surface area contributed by atoms with Gasteiger partial charge in [-0.2, -0.15) is 0 Å². The Morgan fingerprint density at radius 3 is 2.18 bits per heavy atom. The summed E-state index contributed by atoms with van der Waals surface area (Å²) < 4.78 is 0. The fourth-order valence-corrected chi connectivity index (χ4v) is 5.59. The van der Waals surface area contributed by atoms with E-state index >= 15 is 0 Å². The van der Waals surface area contributed by atoms with Crippen LogP contribution in [0.2, 0.25) is 0 Å². The average Bonchev–Trinajstić information content (AvgIpc) is 2.57. The second-order valence-electron chi connectivity index (χ2n) is 10.1. The molecule has 1 unspecified atom stereocenters. The van der Waals surface area contributed by atoms with Crippen LogP contribution in [0.25, 0.3) is 0 Å². The standard InChI is InChI=1S/C24H29NO2S/c1-23(2)10-16-21(18(26)12-23)20(14-6-8-15(28-5)9-7-14)22-17(25-16)11-24(3,4)13-19(22)27/h6-9,20-21H,10-13H2,1-5H3/t20-,21?/m0/s1. The molecule has 28 heavy (non-hydrogen) atoms. The molecule has 4 rings (SSSR count). The SMILES string of the molecule is CSc1ccc([C@@H]2C3=C(CC(C)(C)CC3=O)N=C3CC(C)(C)CC(=O)C32)cc1. The second kappa shape index (κ2) is 6.69. The molecule has 0 spiro atoms. The van der Waals surface area contributed by atoms with Crippen molar-refractivity contribution in [3.8, 4) is 0 Å². The van der Waals surface area contributed by atoms with E-state index in [1.54, 1.807) is 11.8 Å². The van der Waals surface area contributed by atoms with Gasteiger partial charge in [-0.05, 0) is 47.6 Å². The van der Waals surface area contributed by atoms with E-state index in [1.807, 2.05) is 0 Å². The number of benzene rings is 1. The molecule has 1 aromatic carbocycles. The maximum Gasteiger partial charge on any atom is 0.161 e. The predicted molar refractivity (Wildman–Crippen MR) is 115 cm³/mol. The summed E-state index contributed by atoms with van der Waals surface area (Å²) in [5, 5.41) is 0. The molecule has 0 saturated heterocycles. The predicted octanol–water partition coefficient (Wildman–Crippen LogP) is 5.60. The van der Waals surface area contributed by atoms with Crippen LogP contribution in [0.1, 0.15) is 64.9 Å². The van der Waals surface area contributed by atoms with Gasteiger partial charge in [0.15, 0.2) is 5.78 Å². The van der Waals surface area contributed by atoms with E-state index < -0.39 is 0 Å². The third kappa shape index (κ3) is 3.41. The van der Waals surface area contributed by atoms with Gasteiger partial charge in [-0.25, -0.2) is 0 Å². The van der Waals surface area contributed by atoms with Crippen LogP contribution in [0.5, 0.6) is 0 Å². The Morgan fingerprint density at radius 2 is 1.54 bits per heavy atom. The van der Waals surface area contributed by atoms with E-state index in [1.165, 1.54) is 4.90 Å². The summed E-state index contributed by atoms with van der Waals surface area (Å²) >= 11 is 1.70. The molecule has 148 valence electrons. The van der Waals surface area contributed by atoms with Gasteiger partial charge < -0.3 is 0 Å². The minimum atomic E-state index is -0.280. The average molecular weight is 396 g/mol. The van der Waals surface area contributed by atoms with E-state index in [9.17, 15) is 9.59 Å². The maximum absolute atomic E-state index is 13.2. The highest BCUT2D eigenvalue weighted by atomic mass is 32.2. The number of aliphatic imine (C=N–C) groups is 1. The Labute approximate surface area is 172 Å². The third-order valence-electron chi connectivity index (χ3n) is 6.31. The summed E-state index contributed by atoms with van der Waals surface area (Å²) in [6.07, 6.45) is 4.77. The van der Waals surface area contributed by atoms with E-state index in [2.05, 4.69) is 58.2 Å². The first-order valence-electron chi connectivity index (χ1n) is 10.1. The van der Waals surface area contributed by atoms with E-state index in [-0.39, 0.29) is 34.2 Å². The lowest BCUT2D eigenvalue weighted by Crippen LogP contribution is -2.45. The summed E-state index contributed by atoms with van der Waals surface area (Å²) in [5.74, 6) is -0.0496. The number of Topliss-reactive ketones (excluding diaryl/α,β-unsaturated/α-hetero) is 2. The van der Waals surface area contributed by atoms with E-state index in [0.717, 1.165) is 35.4 Å². The molecule has 2 atom stereocenters. The molecule has 1 heterocycles. The lowest BCUT2D eigenvalue weighted by atomic mass is 9.60. The number of rotatable bonds is 2. The first-order chi connectivity index (χ1) is 13.1.